The van der Waals surface area contributed by atoms with Crippen LogP contribution in [0.3, 0.4) is 0 Å². The Balaban J connectivity index is 1.74. The summed E-state index contributed by atoms with van der Waals surface area (Å²) in [5.41, 5.74) is 1.28. The van der Waals surface area contributed by atoms with E-state index in [0.717, 1.165) is 5.56 Å². The van der Waals surface area contributed by atoms with Gasteiger partial charge in [-0.15, -0.1) is 0 Å². The smallest absolute Gasteiger partial charge is 0.291 e. The van der Waals surface area contributed by atoms with E-state index in [1.165, 1.54) is 11.2 Å². The van der Waals surface area contributed by atoms with Crippen LogP contribution in [0.5, 0.6) is 5.75 Å². The molecule has 166 valence electrons. The van der Waals surface area contributed by atoms with E-state index in [0.29, 0.717) is 17.1 Å². The van der Waals surface area contributed by atoms with Crippen molar-refractivity contribution in [1.29, 1.82) is 0 Å². The zero-order valence-corrected chi connectivity index (χ0v) is 18.4. The van der Waals surface area contributed by atoms with Crippen molar-refractivity contribution in [2.24, 2.45) is 0 Å². The van der Waals surface area contributed by atoms with Crippen molar-refractivity contribution in [3.63, 3.8) is 0 Å². The van der Waals surface area contributed by atoms with E-state index in [9.17, 15) is 13.2 Å². The van der Waals surface area contributed by atoms with Crippen LogP contribution in [0.1, 0.15) is 16.9 Å². The zero-order chi connectivity index (χ0) is 22.6. The Hall–Kier alpha value is -3.52. The number of amides is 1. The fourth-order valence-corrected chi connectivity index (χ4v) is 4.94. The summed E-state index contributed by atoms with van der Waals surface area (Å²) in [4.78, 5) is 15.1. The highest BCUT2D eigenvalue weighted by Gasteiger charge is 2.35. The van der Waals surface area contributed by atoms with Crippen LogP contribution in [0, 0.1) is 0 Å². The van der Waals surface area contributed by atoms with Crippen LogP contribution in [-0.2, 0) is 32.5 Å². The van der Waals surface area contributed by atoms with Gasteiger partial charge in [0.15, 0.2) is 9.84 Å². The van der Waals surface area contributed by atoms with Gasteiger partial charge >= 0.3 is 0 Å². The largest absolute Gasteiger partial charge is 0.497 e. The lowest BCUT2D eigenvalue weighted by Gasteiger charge is -2.27. The third kappa shape index (κ3) is 4.70. The van der Waals surface area contributed by atoms with Crippen LogP contribution in [0.15, 0.2) is 83.2 Å². The van der Waals surface area contributed by atoms with Crippen LogP contribution < -0.4 is 4.74 Å². The summed E-state index contributed by atoms with van der Waals surface area (Å²) < 4.78 is 42.2. The lowest BCUT2D eigenvalue weighted by molar-refractivity contribution is -0.132. The van der Waals surface area contributed by atoms with Crippen LogP contribution in [0.4, 0.5) is 0 Å². The van der Waals surface area contributed by atoms with Crippen LogP contribution in [0.25, 0.3) is 4.91 Å². The molecule has 0 atom stereocenters. The molecule has 1 aliphatic heterocycles. The third-order valence-corrected chi connectivity index (χ3v) is 6.84. The molecule has 1 aliphatic rings. The second-order valence-corrected chi connectivity index (χ2v) is 9.33. The quantitative estimate of drug-likeness (QED) is 0.543. The number of ether oxygens (including phenoxy) is 2. The number of carbonyl (C=O) groups is 1. The van der Waals surface area contributed by atoms with Crippen molar-refractivity contribution in [1.82, 2.24) is 4.90 Å². The van der Waals surface area contributed by atoms with E-state index in [2.05, 4.69) is 0 Å². The fourth-order valence-electron chi connectivity index (χ4n) is 3.51. The normalized spacial score (nSPS) is 15.2. The topological polar surface area (TPSA) is 86.0 Å². The molecule has 4 rings (SSSR count). The summed E-state index contributed by atoms with van der Waals surface area (Å²) in [6.45, 7) is 0.322. The van der Waals surface area contributed by atoms with Gasteiger partial charge in [0.25, 0.3) is 5.91 Å². The van der Waals surface area contributed by atoms with E-state index in [1.807, 2.05) is 12.1 Å². The van der Waals surface area contributed by atoms with Crippen molar-refractivity contribution in [3.8, 4) is 5.75 Å². The van der Waals surface area contributed by atoms with E-state index in [4.69, 9.17) is 13.9 Å². The molecule has 0 bridgehead atoms. The van der Waals surface area contributed by atoms with E-state index in [-0.39, 0.29) is 36.1 Å². The first-order valence-corrected chi connectivity index (χ1v) is 11.7. The maximum Gasteiger partial charge on any atom is 0.291 e. The highest BCUT2D eigenvalue weighted by atomic mass is 32.2. The number of hydrogen-bond donors (Lipinski definition) is 0. The molecule has 7 nitrogen and oxygen atoms in total. The number of rotatable bonds is 7. The summed E-state index contributed by atoms with van der Waals surface area (Å²) in [5, 5.41) is 0. The van der Waals surface area contributed by atoms with Crippen molar-refractivity contribution in [2.75, 3.05) is 19.5 Å². The first kappa shape index (κ1) is 21.7. The van der Waals surface area contributed by atoms with Crippen LogP contribution >= 0.6 is 0 Å². The van der Waals surface area contributed by atoms with Crippen molar-refractivity contribution in [2.45, 2.75) is 13.1 Å². The number of benzene rings is 2. The van der Waals surface area contributed by atoms with Crippen molar-refractivity contribution in [3.05, 3.63) is 95.6 Å². The van der Waals surface area contributed by atoms with Crippen molar-refractivity contribution >= 4 is 20.6 Å². The minimum Gasteiger partial charge on any atom is -0.497 e. The molecule has 0 saturated carbocycles. The molecule has 0 radical (unpaired) electrons. The minimum atomic E-state index is -3.68. The van der Waals surface area contributed by atoms with Gasteiger partial charge in [-0.1, -0.05) is 42.5 Å². The predicted octanol–water partition coefficient (Wildman–Crippen LogP) is 3.63. The van der Waals surface area contributed by atoms with Crippen LogP contribution in [-0.4, -0.2) is 38.7 Å². The van der Waals surface area contributed by atoms with Gasteiger partial charge in [-0.05, 0) is 35.4 Å². The lowest BCUT2D eigenvalue weighted by atomic mass is 10.1. The Morgan fingerprint density at radius 1 is 1.00 bits per heavy atom. The SMILES string of the molecule is COc1ccc(CN(Cc2ccco2)C(=O)C2=C(c3ccccc3)S(=O)(=O)CCO2)cc1. The predicted molar refractivity (Wildman–Crippen MR) is 119 cm³/mol. The molecule has 0 fully saturated rings. The Kier molecular flexibility index (Phi) is 6.32. The molecule has 8 heteroatoms. The molecular weight excluding hydrogens is 430 g/mol. The lowest BCUT2D eigenvalue weighted by Crippen LogP contribution is -2.35. The summed E-state index contributed by atoms with van der Waals surface area (Å²) in [7, 11) is -2.10. The first-order valence-electron chi connectivity index (χ1n) is 10.1. The molecule has 32 heavy (non-hydrogen) atoms. The average Bonchev–Trinajstić information content (AvgIpc) is 3.31. The van der Waals surface area contributed by atoms with Gasteiger partial charge in [0.1, 0.15) is 23.0 Å². The van der Waals surface area contributed by atoms with E-state index < -0.39 is 15.7 Å². The molecule has 0 unspecified atom stereocenters. The molecule has 2 aromatic carbocycles. The summed E-state index contributed by atoms with van der Waals surface area (Å²) in [6.07, 6.45) is 1.53. The number of sulfone groups is 1. The van der Waals surface area contributed by atoms with E-state index in [1.54, 1.807) is 61.7 Å². The number of hydrogen-bond acceptors (Lipinski definition) is 6. The summed E-state index contributed by atoms with van der Waals surface area (Å²) in [6, 6.07) is 19.4. The fraction of sp³-hybridized carbons (Fsp3) is 0.208. The Morgan fingerprint density at radius 3 is 2.41 bits per heavy atom. The molecule has 2 heterocycles. The van der Waals surface area contributed by atoms with Gasteiger partial charge in [0.05, 0.1) is 25.7 Å². The molecule has 3 aromatic rings. The van der Waals surface area contributed by atoms with Gasteiger partial charge in [-0.3, -0.25) is 4.79 Å². The second kappa shape index (κ2) is 9.32. The number of nitrogens with zero attached hydrogens (tertiary/aromatic N) is 1. The highest BCUT2D eigenvalue weighted by Crippen LogP contribution is 2.31. The summed E-state index contributed by atoms with van der Waals surface area (Å²) in [5.74, 6) is 0.424. The number of furan rings is 1. The molecule has 0 spiro atoms. The van der Waals surface area contributed by atoms with Gasteiger partial charge in [0, 0.05) is 6.54 Å². The summed E-state index contributed by atoms with van der Waals surface area (Å²) >= 11 is 0. The van der Waals surface area contributed by atoms with Gasteiger partial charge in [-0.2, -0.15) is 0 Å². The van der Waals surface area contributed by atoms with Crippen LogP contribution in [0.2, 0.25) is 0 Å². The monoisotopic (exact) mass is 453 g/mol. The van der Waals surface area contributed by atoms with Crippen molar-refractivity contribution < 1.29 is 27.1 Å². The number of methoxy groups -OCH3 is 1. The molecule has 0 saturated heterocycles. The zero-order valence-electron chi connectivity index (χ0n) is 17.6. The Morgan fingerprint density at radius 2 is 1.75 bits per heavy atom. The van der Waals surface area contributed by atoms with Gasteiger partial charge < -0.3 is 18.8 Å². The standard InChI is InChI=1S/C24H23NO6S/c1-29-20-11-9-18(10-12-20)16-25(17-21-8-5-13-30-21)24(26)22-23(19-6-3-2-4-7-19)32(27,28)15-14-31-22/h2-13H,14-17H2,1H3. The van der Waals surface area contributed by atoms with Gasteiger partial charge in [0.2, 0.25) is 5.76 Å². The molecule has 0 N–H and O–H groups in total. The van der Waals surface area contributed by atoms with Gasteiger partial charge in [-0.25, -0.2) is 8.42 Å². The molecular formula is C24H23NO6S. The maximum absolute atomic E-state index is 13.6. The molecule has 0 aliphatic carbocycles. The Bertz CT molecular complexity index is 1200. The Labute approximate surface area is 186 Å². The highest BCUT2D eigenvalue weighted by molar-refractivity contribution is 8.00. The molecule has 1 amide bonds. The maximum atomic E-state index is 13.6. The third-order valence-electron chi connectivity index (χ3n) is 5.09. The van der Waals surface area contributed by atoms with E-state index >= 15 is 0 Å². The first-order chi connectivity index (χ1) is 15.5. The second-order valence-electron chi connectivity index (χ2n) is 7.28. The minimum absolute atomic E-state index is 0.0726. The number of carbonyl (C=O) groups excluding carboxylic acids is 1. The average molecular weight is 454 g/mol. The molecule has 1 aromatic heterocycles.